The molecule has 0 N–H and O–H groups in total. The molecule has 1 aromatic carbocycles. The lowest BCUT2D eigenvalue weighted by Gasteiger charge is -2.42. The molecule has 0 radical (unpaired) electrons. The third-order valence-corrected chi connectivity index (χ3v) is 5.93. The zero-order valence-electron chi connectivity index (χ0n) is 17.3. The molecule has 2 saturated heterocycles. The SMILES string of the molecule is CCCN1CCC(N2CCC[C@@H](C(=O)c3cccc(OC(C)C)c3)C2)CC1. The molecule has 1 aromatic rings. The minimum atomic E-state index is 0.124. The van der Waals surface area contributed by atoms with E-state index in [-0.39, 0.29) is 17.8 Å². The van der Waals surface area contributed by atoms with E-state index in [9.17, 15) is 4.79 Å². The number of piperidine rings is 2. The summed E-state index contributed by atoms with van der Waals surface area (Å²) >= 11 is 0. The van der Waals surface area contributed by atoms with Gasteiger partial charge >= 0.3 is 0 Å². The highest BCUT2D eigenvalue weighted by atomic mass is 16.5. The summed E-state index contributed by atoms with van der Waals surface area (Å²) in [5.74, 6) is 1.21. The van der Waals surface area contributed by atoms with Crippen LogP contribution in [-0.4, -0.2) is 60.5 Å². The van der Waals surface area contributed by atoms with E-state index in [1.54, 1.807) is 0 Å². The van der Waals surface area contributed by atoms with Crippen molar-refractivity contribution in [2.24, 2.45) is 5.92 Å². The van der Waals surface area contributed by atoms with Crippen LogP contribution in [0.5, 0.6) is 5.75 Å². The van der Waals surface area contributed by atoms with E-state index in [0.29, 0.717) is 6.04 Å². The Bertz CT molecular complexity index is 608. The fourth-order valence-electron chi connectivity index (χ4n) is 4.61. The number of carbonyl (C=O) groups excluding carboxylic acids is 1. The highest BCUT2D eigenvalue weighted by molar-refractivity contribution is 5.98. The molecule has 2 heterocycles. The van der Waals surface area contributed by atoms with Gasteiger partial charge in [0.25, 0.3) is 0 Å². The molecule has 0 bridgehead atoms. The first kappa shape index (κ1) is 20.3. The van der Waals surface area contributed by atoms with Gasteiger partial charge in [0.15, 0.2) is 5.78 Å². The normalized spacial score (nSPS) is 22.9. The molecule has 0 saturated carbocycles. The van der Waals surface area contributed by atoms with Gasteiger partial charge in [-0.1, -0.05) is 19.1 Å². The molecular weight excluding hydrogens is 336 g/mol. The van der Waals surface area contributed by atoms with E-state index in [1.807, 2.05) is 38.1 Å². The molecule has 3 rings (SSSR count). The van der Waals surface area contributed by atoms with Crippen molar-refractivity contribution in [2.45, 2.75) is 65.0 Å². The van der Waals surface area contributed by atoms with Gasteiger partial charge in [0.1, 0.15) is 5.75 Å². The van der Waals surface area contributed by atoms with Crippen LogP contribution in [0.2, 0.25) is 0 Å². The minimum Gasteiger partial charge on any atom is -0.491 e. The lowest BCUT2D eigenvalue weighted by Crippen LogP contribution is -2.49. The molecular formula is C23H36N2O2. The molecule has 0 spiro atoms. The lowest BCUT2D eigenvalue weighted by atomic mass is 9.88. The number of hydrogen-bond donors (Lipinski definition) is 0. The fraction of sp³-hybridized carbons (Fsp3) is 0.696. The van der Waals surface area contributed by atoms with Gasteiger partial charge in [-0.2, -0.15) is 0 Å². The first-order valence-corrected chi connectivity index (χ1v) is 10.8. The fourth-order valence-corrected chi connectivity index (χ4v) is 4.61. The summed E-state index contributed by atoms with van der Waals surface area (Å²) in [6.07, 6.45) is 6.01. The quantitative estimate of drug-likeness (QED) is 0.670. The monoisotopic (exact) mass is 372 g/mol. The summed E-state index contributed by atoms with van der Waals surface area (Å²) < 4.78 is 5.77. The van der Waals surface area contributed by atoms with Crippen molar-refractivity contribution in [3.63, 3.8) is 0 Å². The van der Waals surface area contributed by atoms with Gasteiger partial charge in [0, 0.05) is 24.1 Å². The van der Waals surface area contributed by atoms with Crippen LogP contribution in [0.15, 0.2) is 24.3 Å². The third kappa shape index (κ3) is 5.55. The molecule has 0 unspecified atom stereocenters. The summed E-state index contributed by atoms with van der Waals surface area (Å²) in [6.45, 7) is 12.0. The second kappa shape index (κ2) is 9.70. The number of Topliss-reactive ketones (excluding diaryl/α,β-unsaturated/α-hetero) is 1. The van der Waals surface area contributed by atoms with Crippen molar-refractivity contribution >= 4 is 5.78 Å². The highest BCUT2D eigenvalue weighted by Gasteiger charge is 2.32. The van der Waals surface area contributed by atoms with Gasteiger partial charge < -0.3 is 9.64 Å². The van der Waals surface area contributed by atoms with Crippen molar-refractivity contribution in [3.05, 3.63) is 29.8 Å². The minimum absolute atomic E-state index is 0.124. The van der Waals surface area contributed by atoms with Crippen LogP contribution in [0.3, 0.4) is 0 Å². The van der Waals surface area contributed by atoms with Crippen LogP contribution in [-0.2, 0) is 0 Å². The predicted molar refractivity (Wildman–Crippen MR) is 111 cm³/mol. The Labute approximate surface area is 164 Å². The van der Waals surface area contributed by atoms with Gasteiger partial charge in [-0.3, -0.25) is 9.69 Å². The van der Waals surface area contributed by atoms with Crippen LogP contribution in [0.25, 0.3) is 0 Å². The Hall–Kier alpha value is -1.39. The third-order valence-electron chi connectivity index (χ3n) is 5.93. The molecule has 4 heteroatoms. The van der Waals surface area contributed by atoms with Crippen LogP contribution < -0.4 is 4.74 Å². The maximum Gasteiger partial charge on any atom is 0.167 e. The van der Waals surface area contributed by atoms with Crippen LogP contribution >= 0.6 is 0 Å². The van der Waals surface area contributed by atoms with Crippen LogP contribution in [0, 0.1) is 5.92 Å². The number of rotatable bonds is 7. The van der Waals surface area contributed by atoms with Gasteiger partial charge in [-0.15, -0.1) is 0 Å². The number of nitrogens with zero attached hydrogens (tertiary/aromatic N) is 2. The number of ether oxygens (including phenoxy) is 1. The molecule has 0 aliphatic carbocycles. The Morgan fingerprint density at radius 3 is 2.67 bits per heavy atom. The number of hydrogen-bond acceptors (Lipinski definition) is 4. The van der Waals surface area contributed by atoms with Gasteiger partial charge in [0.2, 0.25) is 0 Å². The summed E-state index contributed by atoms with van der Waals surface area (Å²) in [4.78, 5) is 18.3. The Balaban J connectivity index is 1.58. The van der Waals surface area contributed by atoms with Gasteiger partial charge in [-0.25, -0.2) is 0 Å². The Morgan fingerprint density at radius 1 is 1.19 bits per heavy atom. The predicted octanol–water partition coefficient (Wildman–Crippen LogP) is 4.24. The van der Waals surface area contributed by atoms with E-state index in [0.717, 1.165) is 37.2 Å². The standard InChI is InChI=1S/C23H36N2O2/c1-4-12-24-14-10-21(11-15-24)25-13-6-8-20(17-25)23(26)19-7-5-9-22(16-19)27-18(2)3/h5,7,9,16,18,20-21H,4,6,8,10-15,17H2,1-3H3/t20-/m1/s1. The zero-order valence-corrected chi connectivity index (χ0v) is 17.3. The molecule has 0 aromatic heterocycles. The summed E-state index contributed by atoms with van der Waals surface area (Å²) in [5.41, 5.74) is 0.803. The maximum atomic E-state index is 13.1. The summed E-state index contributed by atoms with van der Waals surface area (Å²) in [7, 11) is 0. The van der Waals surface area contributed by atoms with E-state index < -0.39 is 0 Å². The number of carbonyl (C=O) groups is 1. The van der Waals surface area contributed by atoms with Crippen molar-refractivity contribution in [2.75, 3.05) is 32.7 Å². The Kier molecular flexibility index (Phi) is 7.31. The molecule has 2 fully saturated rings. The van der Waals surface area contributed by atoms with Crippen molar-refractivity contribution in [3.8, 4) is 5.75 Å². The van der Waals surface area contributed by atoms with Gasteiger partial charge in [-0.05, 0) is 84.3 Å². The van der Waals surface area contributed by atoms with E-state index in [4.69, 9.17) is 4.74 Å². The average molecular weight is 373 g/mol. The highest BCUT2D eigenvalue weighted by Crippen LogP contribution is 2.27. The van der Waals surface area contributed by atoms with Crippen molar-refractivity contribution in [1.29, 1.82) is 0 Å². The molecule has 4 nitrogen and oxygen atoms in total. The largest absolute Gasteiger partial charge is 0.491 e. The topological polar surface area (TPSA) is 32.8 Å². The average Bonchev–Trinajstić information content (AvgIpc) is 2.68. The molecule has 0 amide bonds. The molecule has 150 valence electrons. The first-order chi connectivity index (χ1) is 13.1. The van der Waals surface area contributed by atoms with E-state index in [2.05, 4.69) is 16.7 Å². The Morgan fingerprint density at radius 2 is 1.96 bits per heavy atom. The summed E-state index contributed by atoms with van der Waals surface area (Å²) in [6, 6.07) is 8.40. The molecule has 2 aliphatic heterocycles. The van der Waals surface area contributed by atoms with Crippen LogP contribution in [0.1, 0.15) is 63.2 Å². The number of benzene rings is 1. The molecule has 1 atom stereocenters. The van der Waals surface area contributed by atoms with E-state index >= 15 is 0 Å². The second-order valence-electron chi connectivity index (χ2n) is 8.47. The number of likely N-dealkylation sites (tertiary alicyclic amines) is 2. The molecule has 27 heavy (non-hydrogen) atoms. The van der Waals surface area contributed by atoms with Gasteiger partial charge in [0.05, 0.1) is 6.10 Å². The first-order valence-electron chi connectivity index (χ1n) is 10.8. The van der Waals surface area contributed by atoms with Crippen molar-refractivity contribution in [1.82, 2.24) is 9.80 Å². The molecule has 2 aliphatic rings. The maximum absolute atomic E-state index is 13.1. The number of ketones is 1. The smallest absolute Gasteiger partial charge is 0.167 e. The second-order valence-corrected chi connectivity index (χ2v) is 8.47. The zero-order chi connectivity index (χ0) is 19.2. The van der Waals surface area contributed by atoms with E-state index in [1.165, 1.54) is 38.9 Å². The van der Waals surface area contributed by atoms with Crippen LogP contribution in [0.4, 0.5) is 0 Å². The summed E-state index contributed by atoms with van der Waals surface area (Å²) in [5, 5.41) is 0. The van der Waals surface area contributed by atoms with Crippen molar-refractivity contribution < 1.29 is 9.53 Å². The lowest BCUT2D eigenvalue weighted by molar-refractivity contribution is 0.0596.